The van der Waals surface area contributed by atoms with Crippen molar-refractivity contribution in [3.8, 4) is 5.75 Å². The first-order valence-corrected chi connectivity index (χ1v) is 10.9. The molecule has 1 saturated carbocycles. The minimum atomic E-state index is -0.741. The van der Waals surface area contributed by atoms with Crippen molar-refractivity contribution < 1.29 is 29.6 Å². The van der Waals surface area contributed by atoms with Crippen LogP contribution in [0.5, 0.6) is 5.75 Å². The van der Waals surface area contributed by atoms with Gasteiger partial charge in [-0.25, -0.2) is 0 Å². The maximum absolute atomic E-state index is 10.7. The van der Waals surface area contributed by atoms with Crippen molar-refractivity contribution in [1.82, 2.24) is 0 Å². The van der Waals surface area contributed by atoms with Gasteiger partial charge in [-0.15, -0.1) is 0 Å². The van der Waals surface area contributed by atoms with E-state index in [9.17, 15) is 15.0 Å². The maximum Gasteiger partial charge on any atom is 0.303 e. The zero-order chi connectivity index (χ0) is 20.6. The Morgan fingerprint density at radius 3 is 2.76 bits per heavy atom. The van der Waals surface area contributed by atoms with Gasteiger partial charge in [0.25, 0.3) is 0 Å². The second kappa shape index (κ2) is 11.0. The van der Waals surface area contributed by atoms with E-state index in [2.05, 4.69) is 0 Å². The number of carboxylic acid groups (broad SMARTS) is 1. The highest BCUT2D eigenvalue weighted by molar-refractivity contribution is 5.66. The van der Waals surface area contributed by atoms with Crippen molar-refractivity contribution in [2.45, 2.75) is 69.7 Å². The van der Waals surface area contributed by atoms with Gasteiger partial charge >= 0.3 is 5.97 Å². The Kier molecular flexibility index (Phi) is 8.33. The fourth-order valence-electron chi connectivity index (χ4n) is 4.86. The van der Waals surface area contributed by atoms with Crippen molar-refractivity contribution in [1.29, 1.82) is 0 Å². The summed E-state index contributed by atoms with van der Waals surface area (Å²) in [6.45, 7) is 0.914. The smallest absolute Gasteiger partial charge is 0.303 e. The Morgan fingerprint density at radius 1 is 1.21 bits per heavy atom. The molecule has 162 valence electrons. The Labute approximate surface area is 172 Å². The second-order valence-electron chi connectivity index (χ2n) is 8.59. The average Bonchev–Trinajstić information content (AvgIpc) is 2.87. The SMILES string of the molecule is O=C(O)CCC[C@H]1CC[C@@H]2[C@@H](CC[C@H](O)COc3ccccc3)[C@H](O)C[C@@H]2OC1. The van der Waals surface area contributed by atoms with E-state index in [0.29, 0.717) is 37.7 Å². The molecule has 1 saturated heterocycles. The van der Waals surface area contributed by atoms with Crippen LogP contribution in [-0.2, 0) is 9.53 Å². The Morgan fingerprint density at radius 2 is 2.00 bits per heavy atom. The lowest BCUT2D eigenvalue weighted by Gasteiger charge is -2.24. The predicted octanol–water partition coefficient (Wildman–Crippen LogP) is 3.25. The molecular formula is C23H34O6. The van der Waals surface area contributed by atoms with Crippen LogP contribution in [0.25, 0.3) is 0 Å². The third-order valence-corrected chi connectivity index (χ3v) is 6.47. The molecule has 6 nitrogen and oxygen atoms in total. The molecule has 1 aromatic rings. The van der Waals surface area contributed by atoms with Crippen LogP contribution in [0.15, 0.2) is 30.3 Å². The van der Waals surface area contributed by atoms with Crippen LogP contribution in [0.2, 0.25) is 0 Å². The number of ether oxygens (including phenoxy) is 2. The number of fused-ring (bicyclic) bond motifs is 1. The number of aliphatic carboxylic acids is 1. The Balaban J connectivity index is 1.43. The maximum atomic E-state index is 10.7. The van der Waals surface area contributed by atoms with E-state index in [1.807, 2.05) is 30.3 Å². The van der Waals surface area contributed by atoms with Gasteiger partial charge in [0, 0.05) is 19.4 Å². The molecule has 2 fully saturated rings. The van der Waals surface area contributed by atoms with Crippen molar-refractivity contribution in [2.24, 2.45) is 17.8 Å². The summed E-state index contributed by atoms with van der Waals surface area (Å²) in [4.78, 5) is 10.7. The molecule has 3 rings (SSSR count). The summed E-state index contributed by atoms with van der Waals surface area (Å²) in [6.07, 6.45) is 4.97. The number of para-hydroxylation sites is 1. The summed E-state index contributed by atoms with van der Waals surface area (Å²) in [5.74, 6) is 0.872. The van der Waals surface area contributed by atoms with Crippen LogP contribution >= 0.6 is 0 Å². The van der Waals surface area contributed by atoms with E-state index in [1.54, 1.807) is 0 Å². The van der Waals surface area contributed by atoms with Gasteiger partial charge in [-0.2, -0.15) is 0 Å². The van der Waals surface area contributed by atoms with Gasteiger partial charge in [-0.05, 0) is 68.4 Å². The molecule has 1 heterocycles. The molecule has 0 radical (unpaired) electrons. The average molecular weight is 407 g/mol. The van der Waals surface area contributed by atoms with Crippen molar-refractivity contribution >= 4 is 5.97 Å². The number of hydrogen-bond acceptors (Lipinski definition) is 5. The standard InChI is InChI=1S/C23H34O6/c24-17(15-28-18-6-2-1-3-7-18)10-12-19-20-11-9-16(5-4-8-23(26)27)14-29-22(20)13-21(19)25/h1-3,6-7,16-17,19-22,24-25H,4-5,8-15H2,(H,26,27)/t16-,17-,19+,20+,21+,22-/m0/s1. The molecule has 0 spiro atoms. The summed E-state index contributed by atoms with van der Waals surface area (Å²) in [5, 5.41) is 29.7. The Hall–Kier alpha value is -1.63. The molecule has 3 N–H and O–H groups in total. The molecule has 1 aliphatic carbocycles. The minimum absolute atomic E-state index is 0.0807. The van der Waals surface area contributed by atoms with E-state index in [-0.39, 0.29) is 31.2 Å². The molecule has 0 aromatic heterocycles. The molecule has 29 heavy (non-hydrogen) atoms. The largest absolute Gasteiger partial charge is 0.491 e. The third-order valence-electron chi connectivity index (χ3n) is 6.47. The van der Waals surface area contributed by atoms with E-state index in [4.69, 9.17) is 14.6 Å². The fraction of sp³-hybridized carbons (Fsp3) is 0.696. The normalized spacial score (nSPS) is 30.3. The number of rotatable bonds is 10. The number of aliphatic hydroxyl groups excluding tert-OH is 2. The van der Waals surface area contributed by atoms with Crippen LogP contribution < -0.4 is 4.74 Å². The van der Waals surface area contributed by atoms with Crippen molar-refractivity contribution in [3.05, 3.63) is 30.3 Å². The van der Waals surface area contributed by atoms with Gasteiger partial charge in [0.15, 0.2) is 0 Å². The number of carbonyl (C=O) groups is 1. The number of benzene rings is 1. The molecule has 1 aromatic carbocycles. The molecule has 6 heteroatoms. The lowest BCUT2D eigenvalue weighted by molar-refractivity contribution is -0.137. The van der Waals surface area contributed by atoms with E-state index >= 15 is 0 Å². The lowest BCUT2D eigenvalue weighted by Crippen LogP contribution is -2.25. The number of carboxylic acids is 1. The van der Waals surface area contributed by atoms with Crippen LogP contribution in [0.3, 0.4) is 0 Å². The molecule has 0 bridgehead atoms. The van der Waals surface area contributed by atoms with Crippen molar-refractivity contribution in [3.63, 3.8) is 0 Å². The highest BCUT2D eigenvalue weighted by atomic mass is 16.5. The first kappa shape index (κ1) is 22.1. The number of hydrogen-bond donors (Lipinski definition) is 3. The van der Waals surface area contributed by atoms with Gasteiger partial charge in [-0.1, -0.05) is 18.2 Å². The molecular weight excluding hydrogens is 372 g/mol. The first-order chi connectivity index (χ1) is 14.0. The summed E-state index contributed by atoms with van der Waals surface area (Å²) < 4.78 is 11.7. The molecule has 0 amide bonds. The van der Waals surface area contributed by atoms with Gasteiger partial charge in [0.1, 0.15) is 12.4 Å². The highest BCUT2D eigenvalue weighted by Gasteiger charge is 2.44. The van der Waals surface area contributed by atoms with Gasteiger partial charge < -0.3 is 24.8 Å². The first-order valence-electron chi connectivity index (χ1n) is 10.9. The Bertz CT molecular complexity index is 621. The van der Waals surface area contributed by atoms with Crippen LogP contribution in [0, 0.1) is 17.8 Å². The quantitative estimate of drug-likeness (QED) is 0.552. The summed E-state index contributed by atoms with van der Waals surface area (Å²) in [5.41, 5.74) is 0. The lowest BCUT2D eigenvalue weighted by atomic mass is 9.84. The third kappa shape index (κ3) is 6.69. The summed E-state index contributed by atoms with van der Waals surface area (Å²) in [6, 6.07) is 9.46. The molecule has 6 atom stereocenters. The molecule has 1 aliphatic heterocycles. The van der Waals surface area contributed by atoms with Crippen molar-refractivity contribution in [2.75, 3.05) is 13.2 Å². The zero-order valence-corrected chi connectivity index (χ0v) is 17.0. The van der Waals surface area contributed by atoms with E-state index in [1.165, 1.54) is 0 Å². The van der Waals surface area contributed by atoms with Crippen LogP contribution in [-0.4, -0.2) is 52.8 Å². The van der Waals surface area contributed by atoms with E-state index in [0.717, 1.165) is 31.4 Å². The second-order valence-corrected chi connectivity index (χ2v) is 8.59. The van der Waals surface area contributed by atoms with Crippen LogP contribution in [0.4, 0.5) is 0 Å². The fourth-order valence-corrected chi connectivity index (χ4v) is 4.86. The van der Waals surface area contributed by atoms with Crippen LogP contribution in [0.1, 0.15) is 51.4 Å². The minimum Gasteiger partial charge on any atom is -0.491 e. The van der Waals surface area contributed by atoms with Gasteiger partial charge in [-0.3, -0.25) is 4.79 Å². The van der Waals surface area contributed by atoms with Gasteiger partial charge in [0.05, 0.1) is 18.3 Å². The summed E-state index contributed by atoms with van der Waals surface area (Å²) in [7, 11) is 0. The predicted molar refractivity (Wildman–Crippen MR) is 109 cm³/mol. The summed E-state index contributed by atoms with van der Waals surface area (Å²) >= 11 is 0. The topological polar surface area (TPSA) is 96.2 Å². The zero-order valence-electron chi connectivity index (χ0n) is 17.0. The molecule has 0 unspecified atom stereocenters. The van der Waals surface area contributed by atoms with Gasteiger partial charge in [0.2, 0.25) is 0 Å². The molecule has 2 aliphatic rings. The van der Waals surface area contributed by atoms with E-state index < -0.39 is 12.1 Å². The highest BCUT2D eigenvalue weighted by Crippen LogP contribution is 2.43. The monoisotopic (exact) mass is 406 g/mol. The number of aliphatic hydroxyl groups is 2.